The van der Waals surface area contributed by atoms with Crippen LogP contribution in [0.4, 0.5) is 0 Å². The van der Waals surface area contributed by atoms with Gasteiger partial charge in [0.15, 0.2) is 5.84 Å². The first-order valence-electron chi connectivity index (χ1n) is 10.3. The lowest BCUT2D eigenvalue weighted by Gasteiger charge is -2.23. The van der Waals surface area contributed by atoms with Gasteiger partial charge in [-0.05, 0) is 55.7 Å². The number of hydrogen-bond acceptors (Lipinski definition) is 6. The van der Waals surface area contributed by atoms with Gasteiger partial charge in [0.2, 0.25) is 5.88 Å². The number of fused-ring (bicyclic) bond motifs is 1. The lowest BCUT2D eigenvalue weighted by Crippen LogP contribution is -2.37. The first kappa shape index (κ1) is 20.5. The smallest absolute Gasteiger partial charge is 0.248 e. The summed E-state index contributed by atoms with van der Waals surface area (Å²) in [6, 6.07) is 15.6. The maximum absolute atomic E-state index is 6.12. The third-order valence-electron chi connectivity index (χ3n) is 5.34. The van der Waals surface area contributed by atoms with E-state index in [-0.39, 0.29) is 6.04 Å². The molecular formula is C24H22ClN5O2. The molecule has 3 heterocycles. The van der Waals surface area contributed by atoms with Crippen molar-refractivity contribution in [3.8, 4) is 11.6 Å². The van der Waals surface area contributed by atoms with Gasteiger partial charge >= 0.3 is 0 Å². The van der Waals surface area contributed by atoms with Crippen LogP contribution in [0.5, 0.6) is 11.6 Å². The Morgan fingerprint density at radius 2 is 2.09 bits per heavy atom. The van der Waals surface area contributed by atoms with Crippen molar-refractivity contribution >= 4 is 23.0 Å². The number of aromatic nitrogens is 3. The minimum atomic E-state index is -0.0344. The zero-order chi connectivity index (χ0) is 22.1. The van der Waals surface area contributed by atoms with Crippen molar-refractivity contribution in [3.05, 3.63) is 88.3 Å². The Morgan fingerprint density at radius 1 is 1.19 bits per heavy atom. The minimum absolute atomic E-state index is 0.0344. The largest absolute Gasteiger partial charge is 0.437 e. The molecular weight excluding hydrogens is 426 g/mol. The van der Waals surface area contributed by atoms with Gasteiger partial charge in [0, 0.05) is 5.02 Å². The Balaban J connectivity index is 1.50. The molecule has 1 atom stereocenters. The molecule has 0 radical (unpaired) electrons. The summed E-state index contributed by atoms with van der Waals surface area (Å²) in [6.07, 6.45) is 4.14. The zero-order valence-electron chi connectivity index (χ0n) is 17.7. The summed E-state index contributed by atoms with van der Waals surface area (Å²) in [6.45, 7) is 4.70. The van der Waals surface area contributed by atoms with Crippen LogP contribution < -0.4 is 10.2 Å². The molecule has 0 spiro atoms. The summed E-state index contributed by atoms with van der Waals surface area (Å²) in [5.74, 6) is 1.52. The maximum atomic E-state index is 6.12. The van der Waals surface area contributed by atoms with E-state index in [0.29, 0.717) is 34.7 Å². The van der Waals surface area contributed by atoms with Crippen molar-refractivity contribution in [1.29, 1.82) is 0 Å². The molecule has 162 valence electrons. The quantitative estimate of drug-likeness (QED) is 0.480. The number of hydrogen-bond donors (Lipinski definition) is 1. The van der Waals surface area contributed by atoms with Crippen LogP contribution in [0.2, 0.25) is 5.02 Å². The van der Waals surface area contributed by atoms with Gasteiger partial charge in [-0.25, -0.2) is 15.0 Å². The number of nitrogens with one attached hydrogen (secondary N) is 1. The van der Waals surface area contributed by atoms with Crippen molar-refractivity contribution in [2.75, 3.05) is 6.61 Å². The summed E-state index contributed by atoms with van der Waals surface area (Å²) < 4.78 is 7.74. The Labute approximate surface area is 190 Å². The molecule has 4 aromatic rings. The molecule has 1 N–H and O–H groups in total. The van der Waals surface area contributed by atoms with Gasteiger partial charge in [-0.1, -0.05) is 41.4 Å². The predicted octanol–water partition coefficient (Wildman–Crippen LogP) is 4.68. The highest BCUT2D eigenvalue weighted by Crippen LogP contribution is 2.27. The van der Waals surface area contributed by atoms with Crippen molar-refractivity contribution in [2.45, 2.75) is 26.3 Å². The molecule has 2 aromatic heterocycles. The number of ether oxygens (including phenoxy) is 1. The number of nitrogens with zero attached hydrogens (tertiary/aromatic N) is 4. The van der Waals surface area contributed by atoms with E-state index in [4.69, 9.17) is 26.2 Å². The van der Waals surface area contributed by atoms with Crippen LogP contribution in [0.25, 0.3) is 5.52 Å². The number of amidine groups is 1. The molecule has 1 aliphatic rings. The summed E-state index contributed by atoms with van der Waals surface area (Å²) in [5.41, 5.74) is 8.21. The highest BCUT2D eigenvalue weighted by atomic mass is 35.5. The van der Waals surface area contributed by atoms with Gasteiger partial charge in [0.25, 0.3) is 0 Å². The molecule has 32 heavy (non-hydrogen) atoms. The predicted molar refractivity (Wildman–Crippen MR) is 124 cm³/mol. The van der Waals surface area contributed by atoms with Gasteiger partial charge in [0.05, 0.1) is 29.9 Å². The van der Waals surface area contributed by atoms with Gasteiger partial charge in [-0.2, -0.15) is 0 Å². The van der Waals surface area contributed by atoms with Crippen LogP contribution >= 0.6 is 11.6 Å². The lowest BCUT2D eigenvalue weighted by molar-refractivity contribution is 0.0623. The van der Waals surface area contributed by atoms with Gasteiger partial charge in [0.1, 0.15) is 12.1 Å². The molecule has 0 saturated heterocycles. The summed E-state index contributed by atoms with van der Waals surface area (Å²) >= 11 is 6.12. The van der Waals surface area contributed by atoms with Crippen molar-refractivity contribution in [3.63, 3.8) is 0 Å². The highest BCUT2D eigenvalue weighted by Gasteiger charge is 2.22. The molecule has 7 nitrogen and oxygen atoms in total. The van der Waals surface area contributed by atoms with Gasteiger partial charge < -0.3 is 4.74 Å². The summed E-state index contributed by atoms with van der Waals surface area (Å²) in [5, 5.41) is 5.16. The summed E-state index contributed by atoms with van der Waals surface area (Å²) in [4.78, 5) is 14.8. The fourth-order valence-corrected chi connectivity index (χ4v) is 3.92. The Hall–Kier alpha value is -3.42. The molecule has 0 aliphatic carbocycles. The van der Waals surface area contributed by atoms with E-state index >= 15 is 0 Å². The first-order chi connectivity index (χ1) is 15.5. The number of hydroxylamine groups is 1. The van der Waals surface area contributed by atoms with Crippen LogP contribution in [-0.4, -0.2) is 33.1 Å². The van der Waals surface area contributed by atoms with E-state index in [1.165, 1.54) is 16.7 Å². The number of imidazole rings is 1. The molecule has 1 aliphatic heterocycles. The highest BCUT2D eigenvalue weighted by molar-refractivity contribution is 6.30. The Morgan fingerprint density at radius 3 is 2.94 bits per heavy atom. The van der Waals surface area contributed by atoms with Crippen molar-refractivity contribution in [2.24, 2.45) is 4.99 Å². The third-order valence-corrected chi connectivity index (χ3v) is 5.58. The standard InChI is InChI=1S/C24H22ClN5O2/c1-15-6-7-17(16(2)8-15)9-19-13-31-29-23(27-19)22-11-20-12-26-14-30(20)28-24(22)32-21-5-3-4-18(25)10-21/h3-8,10-12,14,19H,9,13H2,1-2H3,(H,27,29). The number of rotatable bonds is 5. The second kappa shape index (κ2) is 8.61. The van der Waals surface area contributed by atoms with E-state index in [1.54, 1.807) is 29.2 Å². The zero-order valence-corrected chi connectivity index (χ0v) is 18.5. The summed E-state index contributed by atoms with van der Waals surface area (Å²) in [7, 11) is 0. The van der Waals surface area contributed by atoms with Crippen LogP contribution in [0.1, 0.15) is 22.3 Å². The molecule has 2 aromatic carbocycles. The molecule has 0 bridgehead atoms. The number of halogens is 1. The molecule has 0 saturated carbocycles. The van der Waals surface area contributed by atoms with Crippen LogP contribution in [0.3, 0.4) is 0 Å². The molecule has 0 amide bonds. The van der Waals surface area contributed by atoms with E-state index in [9.17, 15) is 0 Å². The van der Waals surface area contributed by atoms with Crippen LogP contribution in [-0.2, 0) is 11.3 Å². The molecule has 1 unspecified atom stereocenters. The maximum Gasteiger partial charge on any atom is 0.248 e. The molecule has 5 rings (SSSR count). The van der Waals surface area contributed by atoms with Gasteiger partial charge in [-0.15, -0.1) is 5.10 Å². The van der Waals surface area contributed by atoms with Gasteiger partial charge in [-0.3, -0.25) is 9.83 Å². The average Bonchev–Trinajstić information content (AvgIpc) is 3.23. The topological polar surface area (TPSA) is 73.0 Å². The van der Waals surface area contributed by atoms with Crippen molar-refractivity contribution < 1.29 is 9.57 Å². The lowest BCUT2D eigenvalue weighted by atomic mass is 9.99. The number of aliphatic imine (C=N–C) groups is 1. The first-order valence-corrected chi connectivity index (χ1v) is 10.7. The Kier molecular flexibility index (Phi) is 5.51. The van der Waals surface area contributed by atoms with Crippen LogP contribution in [0.15, 0.2) is 66.0 Å². The van der Waals surface area contributed by atoms with E-state index in [1.807, 2.05) is 18.2 Å². The van der Waals surface area contributed by atoms with Crippen LogP contribution in [0, 0.1) is 13.8 Å². The van der Waals surface area contributed by atoms with Crippen molar-refractivity contribution in [1.82, 2.24) is 20.1 Å². The second-order valence-electron chi connectivity index (χ2n) is 7.86. The molecule has 0 fully saturated rings. The average molecular weight is 448 g/mol. The number of aryl methyl sites for hydroxylation is 2. The van der Waals surface area contributed by atoms with E-state index in [2.05, 4.69) is 47.6 Å². The fourth-order valence-electron chi connectivity index (χ4n) is 3.74. The monoisotopic (exact) mass is 447 g/mol. The normalized spacial score (nSPS) is 16.0. The minimum Gasteiger partial charge on any atom is -0.437 e. The van der Waals surface area contributed by atoms with E-state index in [0.717, 1.165) is 11.9 Å². The second-order valence-corrected chi connectivity index (χ2v) is 8.30. The Bertz CT molecular complexity index is 1320. The third kappa shape index (κ3) is 4.30. The number of benzene rings is 2. The molecule has 8 heteroatoms. The van der Waals surface area contributed by atoms with E-state index < -0.39 is 0 Å². The SMILES string of the molecule is Cc1ccc(CC2CONC(c3cc4cncn4nc3Oc3cccc(Cl)c3)=N2)c(C)c1. The fraction of sp³-hybridized carbons (Fsp3) is 0.208.